The van der Waals surface area contributed by atoms with Gasteiger partial charge in [-0.2, -0.15) is 0 Å². The molecule has 2 aliphatic heterocycles. The number of nitrogens with zero attached hydrogens (tertiary/aromatic N) is 2. The van der Waals surface area contributed by atoms with E-state index in [9.17, 15) is 0 Å². The van der Waals surface area contributed by atoms with E-state index in [4.69, 9.17) is 4.84 Å². The van der Waals surface area contributed by atoms with Crippen molar-refractivity contribution in [3.63, 3.8) is 0 Å². The Morgan fingerprint density at radius 1 is 1.15 bits per heavy atom. The molecule has 3 nitrogen and oxygen atoms in total. The minimum Gasteiger partial charge on any atom is -0.390 e. The minimum absolute atomic E-state index is 0.0290. The highest BCUT2D eigenvalue weighted by Gasteiger charge is 2.43. The van der Waals surface area contributed by atoms with Crippen molar-refractivity contribution in [3.8, 4) is 0 Å². The summed E-state index contributed by atoms with van der Waals surface area (Å²) in [6.45, 7) is 7.90. The van der Waals surface area contributed by atoms with Crippen LogP contribution in [0.5, 0.6) is 0 Å². The van der Waals surface area contributed by atoms with E-state index in [1.165, 1.54) is 37.9 Å². The van der Waals surface area contributed by atoms with Gasteiger partial charge in [-0.05, 0) is 31.5 Å². The van der Waals surface area contributed by atoms with Gasteiger partial charge in [0, 0.05) is 6.54 Å². The Kier molecular flexibility index (Phi) is 3.79. The Balaban J connectivity index is 1.71. The lowest BCUT2D eigenvalue weighted by molar-refractivity contribution is 0.00534. The molecule has 1 aromatic rings. The van der Waals surface area contributed by atoms with Crippen LogP contribution < -0.4 is 0 Å². The predicted molar refractivity (Wildman–Crippen MR) is 81.9 cm³/mol. The first kappa shape index (κ1) is 13.6. The van der Waals surface area contributed by atoms with Crippen LogP contribution in [0.4, 0.5) is 0 Å². The summed E-state index contributed by atoms with van der Waals surface area (Å²) in [7, 11) is 0. The van der Waals surface area contributed by atoms with E-state index in [1.807, 2.05) is 6.07 Å². The first-order valence-electron chi connectivity index (χ1n) is 7.70. The normalized spacial score (nSPS) is 26.1. The van der Waals surface area contributed by atoms with E-state index >= 15 is 0 Å². The van der Waals surface area contributed by atoms with Gasteiger partial charge in [-0.1, -0.05) is 55.8 Å². The molecule has 0 aliphatic carbocycles. The largest absolute Gasteiger partial charge is 0.390 e. The fourth-order valence-electron chi connectivity index (χ4n) is 3.18. The van der Waals surface area contributed by atoms with Crippen molar-refractivity contribution in [2.45, 2.75) is 39.2 Å². The number of benzene rings is 1. The van der Waals surface area contributed by atoms with E-state index < -0.39 is 0 Å². The molecule has 1 atom stereocenters. The van der Waals surface area contributed by atoms with Gasteiger partial charge in [0.1, 0.15) is 0 Å². The summed E-state index contributed by atoms with van der Waals surface area (Å²) in [5, 5.41) is 4.40. The topological polar surface area (TPSA) is 24.8 Å². The highest BCUT2D eigenvalue weighted by molar-refractivity contribution is 6.05. The SMILES string of the molecule is CC1(C)C(c2ccccc2)=NOC1CN1CCCCC1. The summed E-state index contributed by atoms with van der Waals surface area (Å²) in [6.07, 6.45) is 4.17. The molecule has 0 saturated carbocycles. The molecule has 0 N–H and O–H groups in total. The Morgan fingerprint density at radius 3 is 2.55 bits per heavy atom. The molecule has 108 valence electrons. The molecule has 1 aromatic carbocycles. The summed E-state index contributed by atoms with van der Waals surface area (Å²) in [5.74, 6) is 0. The Hall–Kier alpha value is -1.35. The van der Waals surface area contributed by atoms with Gasteiger partial charge in [0.2, 0.25) is 0 Å². The van der Waals surface area contributed by atoms with Crippen LogP contribution in [0.25, 0.3) is 0 Å². The van der Waals surface area contributed by atoms with Crippen LogP contribution in [-0.2, 0) is 4.84 Å². The smallest absolute Gasteiger partial charge is 0.150 e. The minimum atomic E-state index is -0.0290. The molecule has 1 saturated heterocycles. The number of hydrogen-bond donors (Lipinski definition) is 0. The molecule has 0 aromatic heterocycles. The summed E-state index contributed by atoms with van der Waals surface area (Å²) in [6, 6.07) is 10.4. The average molecular weight is 272 g/mol. The van der Waals surface area contributed by atoms with Crippen LogP contribution in [0.1, 0.15) is 38.7 Å². The zero-order chi connectivity index (χ0) is 14.0. The zero-order valence-corrected chi connectivity index (χ0v) is 12.5. The van der Waals surface area contributed by atoms with Crippen LogP contribution in [0, 0.1) is 5.41 Å². The van der Waals surface area contributed by atoms with E-state index in [-0.39, 0.29) is 11.5 Å². The van der Waals surface area contributed by atoms with Crippen molar-refractivity contribution >= 4 is 5.71 Å². The third kappa shape index (κ3) is 2.59. The first-order valence-corrected chi connectivity index (χ1v) is 7.70. The predicted octanol–water partition coefficient (Wildman–Crippen LogP) is 3.30. The Morgan fingerprint density at radius 2 is 1.85 bits per heavy atom. The summed E-state index contributed by atoms with van der Waals surface area (Å²) >= 11 is 0. The number of hydrogen-bond acceptors (Lipinski definition) is 3. The molecule has 0 amide bonds. The number of likely N-dealkylation sites (tertiary alicyclic amines) is 1. The molecule has 0 spiro atoms. The average Bonchev–Trinajstić information content (AvgIpc) is 2.76. The van der Waals surface area contributed by atoms with E-state index in [1.54, 1.807) is 0 Å². The summed E-state index contributed by atoms with van der Waals surface area (Å²) in [5.41, 5.74) is 2.23. The Bertz CT molecular complexity index is 475. The van der Waals surface area contributed by atoms with Crippen LogP contribution in [0.15, 0.2) is 35.5 Å². The molecule has 1 unspecified atom stereocenters. The first-order chi connectivity index (χ1) is 9.68. The van der Waals surface area contributed by atoms with Crippen molar-refractivity contribution in [1.82, 2.24) is 4.90 Å². The van der Waals surface area contributed by atoms with E-state index in [2.05, 4.69) is 48.2 Å². The monoisotopic (exact) mass is 272 g/mol. The number of piperidine rings is 1. The maximum atomic E-state index is 5.78. The van der Waals surface area contributed by atoms with Gasteiger partial charge in [0.05, 0.1) is 11.1 Å². The quantitative estimate of drug-likeness (QED) is 0.843. The second-order valence-electron chi connectivity index (χ2n) is 6.48. The Labute approximate surface area is 121 Å². The van der Waals surface area contributed by atoms with Crippen molar-refractivity contribution in [3.05, 3.63) is 35.9 Å². The fraction of sp³-hybridized carbons (Fsp3) is 0.588. The van der Waals surface area contributed by atoms with Crippen molar-refractivity contribution in [2.75, 3.05) is 19.6 Å². The molecule has 0 bridgehead atoms. The van der Waals surface area contributed by atoms with Gasteiger partial charge in [-0.15, -0.1) is 0 Å². The highest BCUT2D eigenvalue weighted by Crippen LogP contribution is 2.35. The standard InChI is InChI=1S/C17H24N2O/c1-17(2)15(13-19-11-7-4-8-12-19)20-18-16(17)14-9-5-3-6-10-14/h3,5-6,9-10,15H,4,7-8,11-13H2,1-2H3. The van der Waals surface area contributed by atoms with Crippen LogP contribution in [0.2, 0.25) is 0 Å². The van der Waals surface area contributed by atoms with Gasteiger partial charge in [-0.3, -0.25) is 4.90 Å². The molecular formula is C17H24N2O. The highest BCUT2D eigenvalue weighted by atomic mass is 16.6. The van der Waals surface area contributed by atoms with Gasteiger partial charge in [0.25, 0.3) is 0 Å². The summed E-state index contributed by atoms with van der Waals surface area (Å²) < 4.78 is 0. The molecule has 0 radical (unpaired) electrons. The van der Waals surface area contributed by atoms with Crippen molar-refractivity contribution in [2.24, 2.45) is 10.6 Å². The lowest BCUT2D eigenvalue weighted by Gasteiger charge is -2.33. The molecule has 20 heavy (non-hydrogen) atoms. The summed E-state index contributed by atoms with van der Waals surface area (Å²) in [4.78, 5) is 8.31. The molecule has 2 heterocycles. The van der Waals surface area contributed by atoms with Crippen LogP contribution in [-0.4, -0.2) is 36.3 Å². The molecule has 2 aliphatic rings. The fourth-order valence-corrected chi connectivity index (χ4v) is 3.18. The van der Waals surface area contributed by atoms with Gasteiger partial charge >= 0.3 is 0 Å². The third-order valence-corrected chi connectivity index (χ3v) is 4.61. The van der Waals surface area contributed by atoms with Gasteiger partial charge in [0.15, 0.2) is 6.10 Å². The zero-order valence-electron chi connectivity index (χ0n) is 12.5. The molecule has 3 heteroatoms. The maximum absolute atomic E-state index is 5.78. The molecule has 3 rings (SSSR count). The number of rotatable bonds is 3. The van der Waals surface area contributed by atoms with E-state index in [0.717, 1.165) is 12.3 Å². The van der Waals surface area contributed by atoms with Crippen LogP contribution >= 0.6 is 0 Å². The second kappa shape index (κ2) is 5.57. The van der Waals surface area contributed by atoms with Crippen molar-refractivity contribution in [1.29, 1.82) is 0 Å². The number of oxime groups is 1. The molecular weight excluding hydrogens is 248 g/mol. The maximum Gasteiger partial charge on any atom is 0.150 e. The lowest BCUT2D eigenvalue weighted by Crippen LogP contribution is -2.44. The van der Waals surface area contributed by atoms with Gasteiger partial charge < -0.3 is 4.84 Å². The third-order valence-electron chi connectivity index (χ3n) is 4.61. The lowest BCUT2D eigenvalue weighted by atomic mass is 9.79. The van der Waals surface area contributed by atoms with E-state index in [0.29, 0.717) is 0 Å². The van der Waals surface area contributed by atoms with Crippen LogP contribution in [0.3, 0.4) is 0 Å². The second-order valence-corrected chi connectivity index (χ2v) is 6.48. The van der Waals surface area contributed by atoms with Crippen molar-refractivity contribution < 1.29 is 4.84 Å². The molecule has 1 fully saturated rings. The van der Waals surface area contributed by atoms with Gasteiger partial charge in [-0.25, -0.2) is 0 Å².